The Morgan fingerprint density at radius 3 is 2.61 bits per heavy atom. The molecule has 0 bridgehead atoms. The highest BCUT2D eigenvalue weighted by atomic mass is 32.2. The fourth-order valence-electron chi connectivity index (χ4n) is 2.79. The molecule has 0 radical (unpaired) electrons. The summed E-state index contributed by atoms with van der Waals surface area (Å²) in [5.74, 6) is 0.794. The Hall–Kier alpha value is -1.15. The van der Waals surface area contributed by atoms with Crippen molar-refractivity contribution in [1.29, 1.82) is 0 Å². The quantitative estimate of drug-likeness (QED) is 0.764. The van der Waals surface area contributed by atoms with Gasteiger partial charge in [-0.25, -0.2) is 13.1 Å². The molecular weight excluding hydrogens is 316 g/mol. The highest BCUT2D eigenvalue weighted by Gasteiger charge is 2.23. The van der Waals surface area contributed by atoms with Gasteiger partial charge in [-0.3, -0.25) is 0 Å². The fourth-order valence-corrected chi connectivity index (χ4v) is 3.63. The minimum atomic E-state index is -3.15. The number of aliphatic hydroxyl groups is 1. The van der Waals surface area contributed by atoms with Crippen LogP contribution in [0.25, 0.3) is 0 Å². The molecule has 1 aromatic carbocycles. The molecule has 1 fully saturated rings. The van der Waals surface area contributed by atoms with Crippen LogP contribution >= 0.6 is 0 Å². The zero-order chi connectivity index (χ0) is 16.9. The molecule has 1 saturated heterocycles. The minimum absolute atomic E-state index is 0.00149. The number of ether oxygens (including phenoxy) is 1. The second kappa shape index (κ2) is 8.10. The van der Waals surface area contributed by atoms with Crippen molar-refractivity contribution in [3.8, 4) is 5.75 Å². The summed E-state index contributed by atoms with van der Waals surface area (Å²) in [5, 5.41) is 10.1. The van der Waals surface area contributed by atoms with Gasteiger partial charge in [0.25, 0.3) is 0 Å². The number of nitrogens with zero attached hydrogens (tertiary/aromatic N) is 1. The number of hydrogen-bond acceptors (Lipinski definition) is 5. The fraction of sp³-hybridized carbons (Fsp3) is 0.625. The van der Waals surface area contributed by atoms with Crippen molar-refractivity contribution in [2.45, 2.75) is 31.9 Å². The number of nitrogens with one attached hydrogen (secondary N) is 1. The third-order valence-corrected chi connectivity index (χ3v) is 4.72. The molecule has 1 aliphatic rings. The van der Waals surface area contributed by atoms with Crippen LogP contribution in [0, 0.1) is 6.92 Å². The van der Waals surface area contributed by atoms with Gasteiger partial charge in [-0.15, -0.1) is 0 Å². The summed E-state index contributed by atoms with van der Waals surface area (Å²) in [6.45, 7) is 4.31. The average Bonchev–Trinajstić information content (AvgIpc) is 2.47. The maximum atomic E-state index is 11.2. The Morgan fingerprint density at radius 2 is 2.00 bits per heavy atom. The molecule has 1 unspecified atom stereocenters. The van der Waals surface area contributed by atoms with E-state index in [1.54, 1.807) is 0 Å². The second-order valence-electron chi connectivity index (χ2n) is 6.20. The van der Waals surface area contributed by atoms with E-state index >= 15 is 0 Å². The topological polar surface area (TPSA) is 78.9 Å². The third kappa shape index (κ3) is 6.47. The van der Waals surface area contributed by atoms with Crippen molar-refractivity contribution in [3.63, 3.8) is 0 Å². The SMILES string of the molecule is Cc1ccccc1OCC(O)CN1CCC(NS(C)(=O)=O)CC1. The first-order valence-corrected chi connectivity index (χ1v) is 9.79. The van der Waals surface area contributed by atoms with Gasteiger partial charge in [0.15, 0.2) is 0 Å². The van der Waals surface area contributed by atoms with Gasteiger partial charge in [0.2, 0.25) is 10.0 Å². The van der Waals surface area contributed by atoms with E-state index < -0.39 is 16.1 Å². The van der Waals surface area contributed by atoms with Crippen LogP contribution in [-0.2, 0) is 10.0 Å². The second-order valence-corrected chi connectivity index (χ2v) is 7.98. The lowest BCUT2D eigenvalue weighted by atomic mass is 10.1. The molecule has 0 amide bonds. The molecule has 6 nitrogen and oxygen atoms in total. The summed E-state index contributed by atoms with van der Waals surface area (Å²) in [7, 11) is -3.15. The summed E-state index contributed by atoms with van der Waals surface area (Å²) in [6.07, 6.45) is 2.15. The van der Waals surface area contributed by atoms with E-state index in [4.69, 9.17) is 4.74 Å². The van der Waals surface area contributed by atoms with Crippen molar-refractivity contribution < 1.29 is 18.3 Å². The van der Waals surface area contributed by atoms with Gasteiger partial charge >= 0.3 is 0 Å². The number of aryl methyl sites for hydroxylation is 1. The molecule has 1 aliphatic heterocycles. The van der Waals surface area contributed by atoms with E-state index in [1.807, 2.05) is 31.2 Å². The summed E-state index contributed by atoms with van der Waals surface area (Å²) in [6, 6.07) is 7.73. The zero-order valence-electron chi connectivity index (χ0n) is 13.7. The molecule has 1 aromatic rings. The Balaban J connectivity index is 1.70. The lowest BCUT2D eigenvalue weighted by Gasteiger charge is -2.33. The van der Waals surface area contributed by atoms with Gasteiger partial charge in [0.1, 0.15) is 18.5 Å². The van der Waals surface area contributed by atoms with E-state index in [0.29, 0.717) is 6.54 Å². The molecule has 1 atom stereocenters. The molecule has 0 saturated carbocycles. The predicted octanol–water partition coefficient (Wildman–Crippen LogP) is 0.748. The largest absolute Gasteiger partial charge is 0.491 e. The van der Waals surface area contributed by atoms with Crippen molar-refractivity contribution in [3.05, 3.63) is 29.8 Å². The summed E-state index contributed by atoms with van der Waals surface area (Å²) >= 11 is 0. The standard InChI is InChI=1S/C16H26N2O4S/c1-13-5-3-4-6-16(13)22-12-15(19)11-18-9-7-14(8-10-18)17-23(2,20)21/h3-6,14-15,17,19H,7-12H2,1-2H3. The van der Waals surface area contributed by atoms with Crippen LogP contribution in [0.2, 0.25) is 0 Å². The van der Waals surface area contributed by atoms with E-state index in [1.165, 1.54) is 6.26 Å². The number of benzene rings is 1. The first-order valence-electron chi connectivity index (χ1n) is 7.89. The van der Waals surface area contributed by atoms with Gasteiger partial charge in [0.05, 0.1) is 6.26 Å². The lowest BCUT2D eigenvalue weighted by Crippen LogP contribution is -2.46. The van der Waals surface area contributed by atoms with E-state index in [0.717, 1.165) is 37.2 Å². The van der Waals surface area contributed by atoms with Crippen LogP contribution in [0.1, 0.15) is 18.4 Å². The molecule has 0 aliphatic carbocycles. The highest BCUT2D eigenvalue weighted by molar-refractivity contribution is 7.88. The molecule has 2 rings (SSSR count). The highest BCUT2D eigenvalue weighted by Crippen LogP contribution is 2.17. The van der Waals surface area contributed by atoms with Crippen molar-refractivity contribution in [2.75, 3.05) is 32.5 Å². The van der Waals surface area contributed by atoms with Crippen molar-refractivity contribution in [2.24, 2.45) is 0 Å². The van der Waals surface area contributed by atoms with E-state index in [2.05, 4.69) is 9.62 Å². The Kier molecular flexibility index (Phi) is 6.41. The lowest BCUT2D eigenvalue weighted by molar-refractivity contribution is 0.0588. The molecule has 0 spiro atoms. The number of β-amino-alcohol motifs (C(OH)–C–C–N with tert-alkyl or cyclic N) is 1. The zero-order valence-corrected chi connectivity index (χ0v) is 14.6. The maximum Gasteiger partial charge on any atom is 0.208 e. The molecule has 2 N–H and O–H groups in total. The van der Waals surface area contributed by atoms with E-state index in [9.17, 15) is 13.5 Å². The third-order valence-electron chi connectivity index (χ3n) is 3.96. The smallest absolute Gasteiger partial charge is 0.208 e. The Bertz CT molecular complexity index is 598. The van der Waals surface area contributed by atoms with Gasteiger partial charge in [0, 0.05) is 12.6 Å². The summed E-state index contributed by atoms with van der Waals surface area (Å²) < 4.78 is 30.8. The number of hydrogen-bond donors (Lipinski definition) is 2. The van der Waals surface area contributed by atoms with Crippen LogP contribution in [0.4, 0.5) is 0 Å². The molecule has 0 aromatic heterocycles. The maximum absolute atomic E-state index is 11.2. The monoisotopic (exact) mass is 342 g/mol. The van der Waals surface area contributed by atoms with Crippen LogP contribution in [0.15, 0.2) is 24.3 Å². The number of rotatable bonds is 7. The van der Waals surface area contributed by atoms with Gasteiger partial charge in [-0.2, -0.15) is 0 Å². The number of sulfonamides is 1. The Morgan fingerprint density at radius 1 is 1.35 bits per heavy atom. The number of aliphatic hydroxyl groups excluding tert-OH is 1. The number of likely N-dealkylation sites (tertiary alicyclic amines) is 1. The van der Waals surface area contributed by atoms with Gasteiger partial charge in [-0.1, -0.05) is 18.2 Å². The molecule has 130 valence electrons. The average molecular weight is 342 g/mol. The van der Waals surface area contributed by atoms with Crippen LogP contribution in [0.3, 0.4) is 0 Å². The number of piperidine rings is 1. The van der Waals surface area contributed by atoms with Crippen molar-refractivity contribution in [1.82, 2.24) is 9.62 Å². The Labute approximate surface area is 138 Å². The van der Waals surface area contributed by atoms with E-state index in [-0.39, 0.29) is 12.6 Å². The predicted molar refractivity (Wildman–Crippen MR) is 90.1 cm³/mol. The minimum Gasteiger partial charge on any atom is -0.491 e. The van der Waals surface area contributed by atoms with Crippen LogP contribution in [0.5, 0.6) is 5.75 Å². The summed E-state index contributed by atoms with van der Waals surface area (Å²) in [4.78, 5) is 2.15. The first kappa shape index (κ1) is 18.2. The molecule has 1 heterocycles. The van der Waals surface area contributed by atoms with Gasteiger partial charge < -0.3 is 14.7 Å². The summed E-state index contributed by atoms with van der Waals surface area (Å²) in [5.41, 5.74) is 1.05. The number of para-hydroxylation sites is 1. The van der Waals surface area contributed by atoms with Crippen LogP contribution < -0.4 is 9.46 Å². The first-order chi connectivity index (χ1) is 10.8. The van der Waals surface area contributed by atoms with Crippen LogP contribution in [-0.4, -0.2) is 63.1 Å². The molecular formula is C16H26N2O4S. The van der Waals surface area contributed by atoms with Crippen molar-refractivity contribution >= 4 is 10.0 Å². The molecule has 23 heavy (non-hydrogen) atoms. The normalized spacial score (nSPS) is 18.7. The van der Waals surface area contributed by atoms with Gasteiger partial charge in [-0.05, 0) is 44.5 Å². The molecule has 7 heteroatoms.